The molecule has 140 valence electrons. The summed E-state index contributed by atoms with van der Waals surface area (Å²) in [5.74, 6) is 1.69. The minimum atomic E-state index is 0.120. The molecule has 3 amide bonds. The monoisotopic (exact) mass is 348 g/mol. The number of nitrogens with zero attached hydrogens (tertiary/aromatic N) is 3. The molecule has 0 aromatic heterocycles. The van der Waals surface area contributed by atoms with Crippen LogP contribution in [-0.2, 0) is 4.79 Å². The highest BCUT2D eigenvalue weighted by atomic mass is 16.2. The molecule has 1 saturated carbocycles. The molecule has 4 fully saturated rings. The van der Waals surface area contributed by atoms with E-state index in [9.17, 15) is 9.59 Å². The van der Waals surface area contributed by atoms with Gasteiger partial charge in [-0.25, -0.2) is 4.79 Å². The number of piperidine rings is 2. The quantitative estimate of drug-likeness (QED) is 0.838. The molecule has 2 atom stereocenters. The maximum Gasteiger partial charge on any atom is 0.317 e. The van der Waals surface area contributed by atoms with Crippen molar-refractivity contribution in [1.82, 2.24) is 20.0 Å². The first kappa shape index (κ1) is 17.1. The van der Waals surface area contributed by atoms with E-state index in [2.05, 4.69) is 24.1 Å². The van der Waals surface area contributed by atoms with Crippen LogP contribution in [0.4, 0.5) is 4.79 Å². The Kier molecular flexibility index (Phi) is 4.42. The standard InChI is InChI=1S/C19H32N4O2/c1-19(2)15-11-23(12-16(15)19)18(25)20-14-5-9-21(10-6-14)13-17(24)22-7-3-4-8-22/h14-16H,3-13H2,1-2H3,(H,20,25)/t15-,16-/m0/s1. The van der Waals surface area contributed by atoms with Gasteiger partial charge in [-0.3, -0.25) is 9.69 Å². The predicted molar refractivity (Wildman–Crippen MR) is 96.1 cm³/mol. The van der Waals surface area contributed by atoms with Gasteiger partial charge in [-0.2, -0.15) is 0 Å². The number of carbonyl (C=O) groups excluding carboxylic acids is 2. The Hall–Kier alpha value is -1.30. The summed E-state index contributed by atoms with van der Waals surface area (Å²) in [6.45, 7) is 10.7. The molecule has 25 heavy (non-hydrogen) atoms. The molecule has 3 aliphatic heterocycles. The van der Waals surface area contributed by atoms with Crippen molar-refractivity contribution in [3.8, 4) is 0 Å². The molecule has 6 heteroatoms. The van der Waals surface area contributed by atoms with Gasteiger partial charge in [-0.15, -0.1) is 0 Å². The van der Waals surface area contributed by atoms with Gasteiger partial charge in [0.25, 0.3) is 0 Å². The zero-order valence-electron chi connectivity index (χ0n) is 15.7. The summed E-state index contributed by atoms with van der Waals surface area (Å²) in [5.41, 5.74) is 0.448. The Morgan fingerprint density at radius 1 is 0.960 bits per heavy atom. The van der Waals surface area contributed by atoms with Crippen molar-refractivity contribution in [1.29, 1.82) is 0 Å². The first-order valence-corrected chi connectivity index (χ1v) is 10.0. The van der Waals surface area contributed by atoms with E-state index in [4.69, 9.17) is 0 Å². The zero-order chi connectivity index (χ0) is 17.6. The summed E-state index contributed by atoms with van der Waals surface area (Å²) in [5, 5.41) is 3.22. The van der Waals surface area contributed by atoms with E-state index < -0.39 is 0 Å². The van der Waals surface area contributed by atoms with E-state index in [0.29, 0.717) is 23.8 Å². The molecule has 6 nitrogen and oxygen atoms in total. The molecule has 0 aromatic rings. The van der Waals surface area contributed by atoms with Crippen molar-refractivity contribution in [3.63, 3.8) is 0 Å². The summed E-state index contributed by atoms with van der Waals surface area (Å²) in [7, 11) is 0. The van der Waals surface area contributed by atoms with Crippen LogP contribution in [0, 0.1) is 17.3 Å². The van der Waals surface area contributed by atoms with Crippen LogP contribution in [0.15, 0.2) is 0 Å². The minimum Gasteiger partial charge on any atom is -0.342 e. The third-order valence-corrected chi connectivity index (χ3v) is 7.14. The molecule has 3 heterocycles. The molecule has 0 radical (unpaired) electrons. The van der Waals surface area contributed by atoms with Crippen molar-refractivity contribution in [2.24, 2.45) is 17.3 Å². The Labute approximate surface area is 150 Å². The first-order valence-electron chi connectivity index (χ1n) is 10.0. The fourth-order valence-electron chi connectivity index (χ4n) is 5.06. The van der Waals surface area contributed by atoms with Crippen molar-refractivity contribution in [2.45, 2.75) is 45.6 Å². The largest absolute Gasteiger partial charge is 0.342 e. The number of rotatable bonds is 3. The van der Waals surface area contributed by atoms with Crippen LogP contribution in [0.1, 0.15) is 39.5 Å². The summed E-state index contributed by atoms with van der Waals surface area (Å²) >= 11 is 0. The van der Waals surface area contributed by atoms with E-state index in [1.54, 1.807) is 0 Å². The van der Waals surface area contributed by atoms with Gasteiger partial charge < -0.3 is 15.1 Å². The second kappa shape index (κ2) is 6.45. The van der Waals surface area contributed by atoms with E-state index in [-0.39, 0.29) is 18.0 Å². The summed E-state index contributed by atoms with van der Waals surface area (Å²) in [6.07, 6.45) is 4.20. The number of hydrogen-bond acceptors (Lipinski definition) is 3. The summed E-state index contributed by atoms with van der Waals surface area (Å²) < 4.78 is 0. The van der Waals surface area contributed by atoms with Crippen LogP contribution in [0.25, 0.3) is 0 Å². The van der Waals surface area contributed by atoms with Crippen LogP contribution in [-0.4, -0.2) is 78.5 Å². The number of amides is 3. The van der Waals surface area contributed by atoms with E-state index in [1.165, 1.54) is 0 Å². The number of urea groups is 1. The molecule has 4 aliphatic rings. The highest BCUT2D eigenvalue weighted by molar-refractivity contribution is 5.78. The lowest BCUT2D eigenvalue weighted by atomic mass is 10.0. The predicted octanol–water partition coefficient (Wildman–Crippen LogP) is 1.37. The Morgan fingerprint density at radius 3 is 2.16 bits per heavy atom. The van der Waals surface area contributed by atoms with Gasteiger partial charge in [-0.1, -0.05) is 13.8 Å². The fourth-order valence-corrected chi connectivity index (χ4v) is 5.06. The maximum absolute atomic E-state index is 12.5. The van der Waals surface area contributed by atoms with Crippen molar-refractivity contribution in [2.75, 3.05) is 45.8 Å². The Balaban J connectivity index is 1.17. The van der Waals surface area contributed by atoms with E-state index in [1.807, 2.05) is 9.80 Å². The molecular formula is C19H32N4O2. The number of likely N-dealkylation sites (tertiary alicyclic amines) is 3. The SMILES string of the molecule is CC1(C)[C@H]2CN(C(=O)NC3CCN(CC(=O)N4CCCC4)CC3)C[C@@H]21. The highest BCUT2D eigenvalue weighted by Gasteiger charge is 2.62. The third kappa shape index (κ3) is 3.37. The van der Waals surface area contributed by atoms with Gasteiger partial charge in [0.15, 0.2) is 0 Å². The van der Waals surface area contributed by atoms with Gasteiger partial charge in [-0.05, 0) is 42.9 Å². The maximum atomic E-state index is 12.5. The van der Waals surface area contributed by atoms with Crippen LogP contribution in [0.2, 0.25) is 0 Å². The molecule has 1 aliphatic carbocycles. The molecule has 0 spiro atoms. The zero-order valence-corrected chi connectivity index (χ0v) is 15.7. The lowest BCUT2D eigenvalue weighted by Crippen LogP contribution is -2.50. The smallest absolute Gasteiger partial charge is 0.317 e. The second-order valence-electron chi connectivity index (χ2n) is 9.03. The highest BCUT2D eigenvalue weighted by Crippen LogP contribution is 2.61. The summed E-state index contributed by atoms with van der Waals surface area (Å²) in [4.78, 5) is 31.0. The van der Waals surface area contributed by atoms with Gasteiger partial charge >= 0.3 is 6.03 Å². The average Bonchev–Trinajstić information content (AvgIpc) is 3.11. The third-order valence-electron chi connectivity index (χ3n) is 7.14. The first-order chi connectivity index (χ1) is 11.9. The number of fused-ring (bicyclic) bond motifs is 1. The van der Waals surface area contributed by atoms with Gasteiger partial charge in [0.1, 0.15) is 0 Å². The van der Waals surface area contributed by atoms with Crippen LogP contribution in [0.5, 0.6) is 0 Å². The minimum absolute atomic E-state index is 0.120. The number of hydrogen-bond donors (Lipinski definition) is 1. The Morgan fingerprint density at radius 2 is 1.56 bits per heavy atom. The van der Waals surface area contributed by atoms with Crippen molar-refractivity contribution < 1.29 is 9.59 Å². The van der Waals surface area contributed by atoms with Crippen LogP contribution in [0.3, 0.4) is 0 Å². The van der Waals surface area contributed by atoms with Crippen LogP contribution >= 0.6 is 0 Å². The molecule has 0 aromatic carbocycles. The average molecular weight is 348 g/mol. The normalized spacial score (nSPS) is 31.9. The molecule has 3 saturated heterocycles. The fraction of sp³-hybridized carbons (Fsp3) is 0.895. The molecule has 1 N–H and O–H groups in total. The van der Waals surface area contributed by atoms with Gasteiger partial charge in [0.2, 0.25) is 5.91 Å². The van der Waals surface area contributed by atoms with Crippen molar-refractivity contribution in [3.05, 3.63) is 0 Å². The molecular weight excluding hydrogens is 316 g/mol. The lowest BCUT2D eigenvalue weighted by molar-refractivity contribution is -0.131. The van der Waals surface area contributed by atoms with Gasteiger partial charge in [0, 0.05) is 45.3 Å². The molecule has 0 bridgehead atoms. The van der Waals surface area contributed by atoms with Gasteiger partial charge in [0.05, 0.1) is 6.54 Å². The topological polar surface area (TPSA) is 55.9 Å². The Bertz CT molecular complexity index is 522. The van der Waals surface area contributed by atoms with Crippen molar-refractivity contribution >= 4 is 11.9 Å². The summed E-state index contributed by atoms with van der Waals surface area (Å²) in [6, 6.07) is 0.380. The molecule has 4 rings (SSSR count). The number of carbonyl (C=O) groups is 2. The lowest BCUT2D eigenvalue weighted by Gasteiger charge is -2.34. The molecule has 0 unspecified atom stereocenters. The van der Waals surface area contributed by atoms with E-state index >= 15 is 0 Å². The van der Waals surface area contributed by atoms with E-state index in [0.717, 1.165) is 65.0 Å². The number of nitrogens with one attached hydrogen (secondary N) is 1. The second-order valence-corrected chi connectivity index (χ2v) is 9.03. The van der Waals surface area contributed by atoms with Crippen LogP contribution < -0.4 is 5.32 Å².